The Morgan fingerprint density at radius 2 is 1.50 bits per heavy atom. The number of benzene rings is 2. The summed E-state index contributed by atoms with van der Waals surface area (Å²) in [5, 5.41) is 26.6. The lowest BCUT2D eigenvalue weighted by atomic mass is 9.32. The van der Waals surface area contributed by atoms with E-state index in [0.29, 0.717) is 30.9 Å². The molecular weight excluding hydrogens is 699 g/mol. The van der Waals surface area contributed by atoms with Gasteiger partial charge in [0.05, 0.1) is 24.5 Å². The predicted molar refractivity (Wildman–Crippen MR) is 214 cm³/mol. The summed E-state index contributed by atoms with van der Waals surface area (Å²) in [5.74, 6) is 3.18. The number of nitrogens with zero attached hydrogens (tertiary/aromatic N) is 1. The second kappa shape index (κ2) is 11.9. The van der Waals surface area contributed by atoms with E-state index in [2.05, 4.69) is 38.1 Å². The number of amides is 1. The number of hydrogen-bond donors (Lipinski definition) is 2. The molecule has 0 saturated heterocycles. The summed E-state index contributed by atoms with van der Waals surface area (Å²) in [5.41, 5.74) is -2.01. The summed E-state index contributed by atoms with van der Waals surface area (Å²) < 4.78 is 12.1. The van der Waals surface area contributed by atoms with Gasteiger partial charge in [-0.05, 0) is 159 Å². The Balaban J connectivity index is 0.966. The number of ether oxygens (including phenoxy) is 1. The largest absolute Gasteiger partial charge is 0.461 e. The molecule has 1 heterocycles. The second-order valence-corrected chi connectivity index (χ2v) is 20.8. The minimum Gasteiger partial charge on any atom is -0.461 e. The van der Waals surface area contributed by atoms with E-state index in [-0.39, 0.29) is 41.1 Å². The smallest absolute Gasteiger partial charge is 0.415 e. The van der Waals surface area contributed by atoms with E-state index < -0.39 is 27.9 Å². The van der Waals surface area contributed by atoms with Crippen molar-refractivity contribution in [3.05, 3.63) is 90.4 Å². The predicted octanol–water partition coefficient (Wildman–Crippen LogP) is 9.92. The maximum atomic E-state index is 14.7. The molecule has 2 N–H and O–H groups in total. The van der Waals surface area contributed by atoms with Crippen molar-refractivity contribution in [3.8, 4) is 5.75 Å². The van der Waals surface area contributed by atoms with Crippen molar-refractivity contribution in [1.82, 2.24) is 4.90 Å². The highest BCUT2D eigenvalue weighted by Gasteiger charge is 2.75. The van der Waals surface area contributed by atoms with Crippen LogP contribution < -0.4 is 4.74 Å². The lowest BCUT2D eigenvalue weighted by molar-refractivity contribution is -0.176. The molecular formula is C49H57NO6. The average Bonchev–Trinajstić information content (AvgIpc) is 3.80. The number of carbonyl (C=O) groups is 2. The Morgan fingerprint density at radius 1 is 0.804 bits per heavy atom. The van der Waals surface area contributed by atoms with Crippen LogP contribution in [0.3, 0.4) is 0 Å². The van der Waals surface area contributed by atoms with Gasteiger partial charge in [-0.3, -0.25) is 4.79 Å². The molecule has 8 unspecified atom stereocenters. The SMILES string of the molecule is CC12CCC(O)CC13C=CC1(C(C(=O)c4ccco4)=C3)C2CCC2(C)C1CCC2(O)CN(CC12CC3CC(CC(C3)C1)C2)C(=O)Oc1ccc2ccccc2c1. The van der Waals surface area contributed by atoms with E-state index in [0.717, 1.165) is 85.5 Å². The zero-order valence-corrected chi connectivity index (χ0v) is 33.1. The van der Waals surface area contributed by atoms with Crippen LogP contribution in [0.4, 0.5) is 4.79 Å². The third kappa shape index (κ3) is 4.82. The highest BCUT2D eigenvalue weighted by Crippen LogP contribution is 2.78. The number of Topliss-reactive ketones (excluding diaryl/α,β-unsaturated/α-hetero) is 1. The highest BCUT2D eigenvalue weighted by atomic mass is 16.6. The molecule has 0 aliphatic heterocycles. The lowest BCUT2D eigenvalue weighted by Crippen LogP contribution is -2.67. The average molecular weight is 756 g/mol. The summed E-state index contributed by atoms with van der Waals surface area (Å²) in [4.78, 5) is 31.3. The van der Waals surface area contributed by atoms with E-state index >= 15 is 0 Å². The number of fused-ring (bicyclic) bond motifs is 2. The van der Waals surface area contributed by atoms with Gasteiger partial charge in [0.15, 0.2) is 5.76 Å². The molecule has 1 aromatic heterocycles. The third-order valence-corrected chi connectivity index (χ3v) is 18.0. The maximum absolute atomic E-state index is 14.7. The molecule has 8 atom stereocenters. The van der Waals surface area contributed by atoms with E-state index in [9.17, 15) is 19.8 Å². The zero-order valence-electron chi connectivity index (χ0n) is 33.1. The van der Waals surface area contributed by atoms with Crippen molar-refractivity contribution in [2.45, 2.75) is 109 Å². The van der Waals surface area contributed by atoms with E-state index in [1.54, 1.807) is 18.4 Å². The van der Waals surface area contributed by atoms with Crippen molar-refractivity contribution in [2.75, 3.05) is 13.1 Å². The van der Waals surface area contributed by atoms with Crippen molar-refractivity contribution >= 4 is 22.6 Å². The number of hydrogen-bond acceptors (Lipinski definition) is 6. The number of ketones is 1. The Bertz CT molecular complexity index is 2140. The third-order valence-electron chi connectivity index (χ3n) is 18.0. The van der Waals surface area contributed by atoms with Crippen LogP contribution >= 0.6 is 0 Å². The van der Waals surface area contributed by atoms with Crippen LogP contribution in [0.1, 0.15) is 108 Å². The van der Waals surface area contributed by atoms with Gasteiger partial charge in [0, 0.05) is 28.4 Å². The molecule has 10 aliphatic rings. The fourth-order valence-electron chi connectivity index (χ4n) is 15.9. The first-order chi connectivity index (χ1) is 26.9. The molecule has 294 valence electrons. The molecule has 7 fully saturated rings. The normalized spacial score (nSPS) is 43.9. The molecule has 1 amide bonds. The fraction of sp³-hybridized carbons (Fsp3) is 0.592. The molecule has 56 heavy (non-hydrogen) atoms. The first kappa shape index (κ1) is 35.5. The molecule has 7 saturated carbocycles. The number of rotatable bonds is 7. The summed E-state index contributed by atoms with van der Waals surface area (Å²) in [7, 11) is 0. The second-order valence-electron chi connectivity index (χ2n) is 20.8. The van der Waals surface area contributed by atoms with Crippen molar-refractivity contribution < 1.29 is 29.0 Å². The molecule has 0 radical (unpaired) electrons. The van der Waals surface area contributed by atoms with Gasteiger partial charge < -0.3 is 24.3 Å². The van der Waals surface area contributed by atoms with Crippen LogP contribution in [0.15, 0.2) is 89.1 Å². The van der Waals surface area contributed by atoms with Crippen LogP contribution in [0, 0.1) is 56.7 Å². The van der Waals surface area contributed by atoms with Crippen LogP contribution in [0.25, 0.3) is 10.8 Å². The van der Waals surface area contributed by atoms with Gasteiger partial charge >= 0.3 is 6.09 Å². The van der Waals surface area contributed by atoms with Crippen molar-refractivity contribution in [2.24, 2.45) is 56.7 Å². The van der Waals surface area contributed by atoms with Gasteiger partial charge in [0.2, 0.25) is 5.78 Å². The summed E-state index contributed by atoms with van der Waals surface area (Å²) in [6.07, 6.45) is 20.4. The van der Waals surface area contributed by atoms with Crippen LogP contribution in [0.2, 0.25) is 0 Å². The number of aliphatic hydroxyl groups is 2. The van der Waals surface area contributed by atoms with Gasteiger partial charge in [-0.25, -0.2) is 4.79 Å². The lowest BCUT2D eigenvalue weighted by Gasteiger charge is -2.71. The number of aliphatic hydroxyl groups excluding tert-OH is 1. The number of carbonyl (C=O) groups excluding carboxylic acids is 2. The Kier molecular flexibility index (Phi) is 7.57. The van der Waals surface area contributed by atoms with E-state index in [1.807, 2.05) is 41.3 Å². The molecule has 2 spiro atoms. The van der Waals surface area contributed by atoms with Gasteiger partial charge in [0.1, 0.15) is 5.75 Å². The highest BCUT2D eigenvalue weighted by molar-refractivity contribution is 6.08. The standard InChI is InChI=1S/C49H57NO6/c1-44-14-11-36(51)27-47(44)17-18-49(38(28-47)42(52)39-8-5-19-55-39)40(44)12-15-45(2)41(49)13-16-48(45,54)30-50(29-46-24-31-20-32(25-46)22-33(21-31)26-46)43(53)56-37-10-9-34-6-3-4-7-35(34)23-37/h3-10,17-19,23,28,31-33,36,40-41,51,54H,11-16,20-22,24-27,29-30H2,1-2H3. The monoisotopic (exact) mass is 755 g/mol. The molecule has 10 aliphatic carbocycles. The van der Waals surface area contributed by atoms with E-state index in [4.69, 9.17) is 9.15 Å². The van der Waals surface area contributed by atoms with Crippen LogP contribution in [-0.2, 0) is 0 Å². The van der Waals surface area contributed by atoms with Gasteiger partial charge in [-0.2, -0.15) is 0 Å². The van der Waals surface area contributed by atoms with Crippen molar-refractivity contribution in [3.63, 3.8) is 0 Å². The molecule has 6 bridgehead atoms. The van der Waals surface area contributed by atoms with Gasteiger partial charge in [-0.1, -0.05) is 62.4 Å². The minimum absolute atomic E-state index is 0.0138. The Morgan fingerprint density at radius 3 is 2.23 bits per heavy atom. The minimum atomic E-state index is -1.18. The zero-order chi connectivity index (χ0) is 38.3. The van der Waals surface area contributed by atoms with E-state index in [1.165, 1.54) is 19.3 Å². The number of furan rings is 1. The summed E-state index contributed by atoms with van der Waals surface area (Å²) in [6, 6.07) is 17.5. The van der Waals surface area contributed by atoms with Crippen LogP contribution in [0.5, 0.6) is 5.75 Å². The van der Waals surface area contributed by atoms with Gasteiger partial charge in [-0.15, -0.1) is 0 Å². The summed E-state index contributed by atoms with van der Waals surface area (Å²) in [6.45, 7) is 5.51. The maximum Gasteiger partial charge on any atom is 0.415 e. The summed E-state index contributed by atoms with van der Waals surface area (Å²) >= 11 is 0. The molecule has 7 heteroatoms. The first-order valence-electron chi connectivity index (χ1n) is 21.7. The number of allylic oxidation sites excluding steroid dienone is 4. The first-order valence-corrected chi connectivity index (χ1v) is 21.7. The fourth-order valence-corrected chi connectivity index (χ4v) is 15.9. The van der Waals surface area contributed by atoms with Crippen molar-refractivity contribution in [1.29, 1.82) is 0 Å². The molecule has 3 aromatic rings. The Hall–Kier alpha value is -3.68. The molecule has 13 rings (SSSR count). The molecule has 7 nitrogen and oxygen atoms in total. The molecule has 2 aromatic carbocycles. The van der Waals surface area contributed by atoms with Crippen LogP contribution in [-0.4, -0.2) is 51.8 Å². The topological polar surface area (TPSA) is 100 Å². The quantitative estimate of drug-likeness (QED) is 0.184. The Labute approximate surface area is 330 Å². The van der Waals surface area contributed by atoms with Gasteiger partial charge in [0.25, 0.3) is 0 Å².